The lowest BCUT2D eigenvalue weighted by Gasteiger charge is -2.10. The fourth-order valence-electron chi connectivity index (χ4n) is 1.18. The summed E-state index contributed by atoms with van der Waals surface area (Å²) in [6.07, 6.45) is -1.02. The van der Waals surface area contributed by atoms with E-state index in [1.807, 2.05) is 13.0 Å². The van der Waals surface area contributed by atoms with Gasteiger partial charge in [0.1, 0.15) is 6.61 Å². The molecule has 1 amide bonds. The number of carbonyl (C=O) groups excluding carboxylic acids is 1. The average Bonchev–Trinajstić information content (AvgIpc) is 2.29. The number of aliphatic carboxylic acids is 1. The van der Waals surface area contributed by atoms with Crippen LogP contribution in [0.4, 0.5) is 5.69 Å². The molecule has 0 unspecified atom stereocenters. The van der Waals surface area contributed by atoms with Gasteiger partial charge in [-0.2, -0.15) is 0 Å². The van der Waals surface area contributed by atoms with E-state index in [1.54, 1.807) is 12.1 Å². The van der Waals surface area contributed by atoms with Crippen LogP contribution in [0.1, 0.15) is 12.5 Å². The first-order valence-corrected chi connectivity index (χ1v) is 5.68. The second kappa shape index (κ2) is 6.37. The number of hydrogen-bond donors (Lipinski definition) is 2. The quantitative estimate of drug-likeness (QED) is 0.860. The van der Waals surface area contributed by atoms with Crippen molar-refractivity contribution in [1.82, 2.24) is 0 Å². The Hall–Kier alpha value is -1.59. The highest BCUT2D eigenvalue weighted by atomic mass is 35.5. The molecule has 0 fully saturated rings. The fourth-order valence-corrected chi connectivity index (χ4v) is 1.46. The molecule has 0 aliphatic carbocycles. The van der Waals surface area contributed by atoms with Gasteiger partial charge < -0.3 is 15.2 Å². The minimum Gasteiger partial charge on any atom is -0.479 e. The summed E-state index contributed by atoms with van der Waals surface area (Å²) in [5.74, 6) is -1.56. The molecule has 1 aromatic rings. The molecule has 1 aromatic carbocycles. The number of rotatable bonds is 5. The van der Waals surface area contributed by atoms with Crippen LogP contribution in [0.3, 0.4) is 0 Å². The molecule has 5 nitrogen and oxygen atoms in total. The number of carboxylic acid groups (broad SMARTS) is 1. The molecule has 2 N–H and O–H groups in total. The predicted molar refractivity (Wildman–Crippen MR) is 67.9 cm³/mol. The molecule has 0 radical (unpaired) electrons. The molecule has 0 aliphatic heterocycles. The standard InChI is InChI=1S/C12H14ClNO4/c1-7-3-4-10(9(13)5-7)14-11(15)6-18-8(2)12(16)17/h3-5,8H,6H2,1-2H3,(H,14,15)(H,16,17)/t8-/m1/s1. The van der Waals surface area contributed by atoms with Crippen molar-refractivity contribution < 1.29 is 19.4 Å². The van der Waals surface area contributed by atoms with Gasteiger partial charge in [0.05, 0.1) is 10.7 Å². The number of carbonyl (C=O) groups is 2. The van der Waals surface area contributed by atoms with Crippen LogP contribution in [0, 0.1) is 6.92 Å². The summed E-state index contributed by atoms with van der Waals surface area (Å²) >= 11 is 5.94. The number of amides is 1. The van der Waals surface area contributed by atoms with Crippen LogP contribution in [0.25, 0.3) is 0 Å². The molecule has 6 heteroatoms. The van der Waals surface area contributed by atoms with Gasteiger partial charge in [-0.1, -0.05) is 17.7 Å². The van der Waals surface area contributed by atoms with Crippen LogP contribution in [-0.4, -0.2) is 29.7 Å². The maximum absolute atomic E-state index is 11.5. The Morgan fingerprint density at radius 2 is 2.17 bits per heavy atom. The van der Waals surface area contributed by atoms with E-state index in [9.17, 15) is 9.59 Å². The summed E-state index contributed by atoms with van der Waals surface area (Å²) in [4.78, 5) is 22.0. The van der Waals surface area contributed by atoms with Crippen molar-refractivity contribution in [3.8, 4) is 0 Å². The van der Waals surface area contributed by atoms with E-state index >= 15 is 0 Å². The average molecular weight is 272 g/mol. The smallest absolute Gasteiger partial charge is 0.332 e. The Bertz CT molecular complexity index is 461. The number of ether oxygens (including phenoxy) is 1. The highest BCUT2D eigenvalue weighted by Gasteiger charge is 2.13. The Labute approximate surface area is 110 Å². The molecule has 0 spiro atoms. The molecule has 0 aliphatic rings. The first-order chi connectivity index (χ1) is 8.40. The lowest BCUT2D eigenvalue weighted by Crippen LogP contribution is -2.26. The van der Waals surface area contributed by atoms with E-state index in [4.69, 9.17) is 21.4 Å². The van der Waals surface area contributed by atoms with Crippen molar-refractivity contribution in [2.24, 2.45) is 0 Å². The van der Waals surface area contributed by atoms with Crippen LogP contribution in [0.5, 0.6) is 0 Å². The highest BCUT2D eigenvalue weighted by molar-refractivity contribution is 6.33. The zero-order valence-corrected chi connectivity index (χ0v) is 10.8. The summed E-state index contributed by atoms with van der Waals surface area (Å²) in [5.41, 5.74) is 1.45. The molecule has 98 valence electrons. The van der Waals surface area contributed by atoms with Crippen molar-refractivity contribution in [3.05, 3.63) is 28.8 Å². The van der Waals surface area contributed by atoms with E-state index < -0.39 is 18.0 Å². The van der Waals surface area contributed by atoms with Gasteiger partial charge in [-0.3, -0.25) is 4.79 Å². The van der Waals surface area contributed by atoms with Crippen LogP contribution >= 0.6 is 11.6 Å². The van der Waals surface area contributed by atoms with Crippen LogP contribution in [0.15, 0.2) is 18.2 Å². The summed E-state index contributed by atoms with van der Waals surface area (Å²) in [6, 6.07) is 5.20. The predicted octanol–water partition coefficient (Wildman–Crippen LogP) is 2.08. The Morgan fingerprint density at radius 3 is 2.72 bits per heavy atom. The molecule has 0 heterocycles. The van der Waals surface area contributed by atoms with E-state index in [1.165, 1.54) is 6.92 Å². The molecule has 1 rings (SSSR count). The summed E-state index contributed by atoms with van der Waals surface area (Å²) in [7, 11) is 0. The third kappa shape index (κ3) is 4.35. The largest absolute Gasteiger partial charge is 0.479 e. The zero-order valence-electron chi connectivity index (χ0n) is 10.1. The van der Waals surface area contributed by atoms with Crippen molar-refractivity contribution in [3.63, 3.8) is 0 Å². The van der Waals surface area contributed by atoms with E-state index in [2.05, 4.69) is 5.32 Å². The van der Waals surface area contributed by atoms with Crippen LogP contribution in [-0.2, 0) is 14.3 Å². The summed E-state index contributed by atoms with van der Waals surface area (Å²) in [6.45, 7) is 2.90. The maximum atomic E-state index is 11.5. The van der Waals surface area contributed by atoms with E-state index in [0.717, 1.165) is 5.56 Å². The van der Waals surface area contributed by atoms with E-state index in [0.29, 0.717) is 10.7 Å². The number of aryl methyl sites for hydroxylation is 1. The molecule has 0 saturated carbocycles. The third-order valence-electron chi connectivity index (χ3n) is 2.21. The van der Waals surface area contributed by atoms with Gasteiger partial charge in [-0.25, -0.2) is 4.79 Å². The second-order valence-corrected chi connectivity index (χ2v) is 4.23. The molecule has 0 bridgehead atoms. The number of hydrogen-bond acceptors (Lipinski definition) is 3. The topological polar surface area (TPSA) is 75.6 Å². The van der Waals surface area contributed by atoms with Crippen molar-refractivity contribution in [2.45, 2.75) is 20.0 Å². The molecule has 0 saturated heterocycles. The summed E-state index contributed by atoms with van der Waals surface area (Å²) < 4.78 is 4.85. The maximum Gasteiger partial charge on any atom is 0.332 e. The third-order valence-corrected chi connectivity index (χ3v) is 2.52. The second-order valence-electron chi connectivity index (χ2n) is 3.82. The molecular weight excluding hydrogens is 258 g/mol. The molecule has 1 atom stereocenters. The number of anilines is 1. The lowest BCUT2D eigenvalue weighted by molar-refractivity contribution is -0.150. The fraction of sp³-hybridized carbons (Fsp3) is 0.333. The number of carboxylic acids is 1. The minimum atomic E-state index is -1.11. The summed E-state index contributed by atoms with van der Waals surface area (Å²) in [5, 5.41) is 11.5. The Morgan fingerprint density at radius 1 is 1.50 bits per heavy atom. The highest BCUT2D eigenvalue weighted by Crippen LogP contribution is 2.22. The Balaban J connectivity index is 2.52. The van der Waals surface area contributed by atoms with Gasteiger partial charge in [-0.05, 0) is 31.5 Å². The molecule has 18 heavy (non-hydrogen) atoms. The van der Waals surface area contributed by atoms with Crippen molar-refractivity contribution in [1.29, 1.82) is 0 Å². The first-order valence-electron chi connectivity index (χ1n) is 5.30. The lowest BCUT2D eigenvalue weighted by atomic mass is 10.2. The number of nitrogens with one attached hydrogen (secondary N) is 1. The SMILES string of the molecule is Cc1ccc(NC(=O)CO[C@H](C)C(=O)O)c(Cl)c1. The van der Waals surface area contributed by atoms with Gasteiger partial charge in [0.25, 0.3) is 0 Å². The van der Waals surface area contributed by atoms with Crippen LogP contribution in [0.2, 0.25) is 5.02 Å². The Kier molecular flexibility index (Phi) is 5.12. The van der Waals surface area contributed by atoms with Gasteiger partial charge in [0.15, 0.2) is 6.10 Å². The number of halogens is 1. The first kappa shape index (κ1) is 14.5. The van der Waals surface area contributed by atoms with Crippen LogP contribution < -0.4 is 5.32 Å². The molecule has 0 aromatic heterocycles. The zero-order chi connectivity index (χ0) is 13.7. The van der Waals surface area contributed by atoms with Crippen molar-refractivity contribution >= 4 is 29.2 Å². The van der Waals surface area contributed by atoms with E-state index in [-0.39, 0.29) is 6.61 Å². The van der Waals surface area contributed by atoms with Gasteiger partial charge in [-0.15, -0.1) is 0 Å². The molecular formula is C12H14ClNO4. The van der Waals surface area contributed by atoms with Gasteiger partial charge in [0.2, 0.25) is 5.91 Å². The monoisotopic (exact) mass is 271 g/mol. The van der Waals surface area contributed by atoms with Gasteiger partial charge >= 0.3 is 5.97 Å². The number of benzene rings is 1. The minimum absolute atomic E-state index is 0.336. The normalized spacial score (nSPS) is 11.9. The van der Waals surface area contributed by atoms with Gasteiger partial charge in [0, 0.05) is 0 Å². The van der Waals surface area contributed by atoms with Crippen molar-refractivity contribution in [2.75, 3.05) is 11.9 Å².